The first-order chi connectivity index (χ1) is 13.6. The molecular formula is C22H24FN3O2. The zero-order valence-corrected chi connectivity index (χ0v) is 15.6. The average Bonchev–Trinajstić information content (AvgIpc) is 3.05. The van der Waals surface area contributed by atoms with Gasteiger partial charge >= 0.3 is 5.69 Å². The Labute approximate surface area is 162 Å². The number of rotatable bonds is 5. The summed E-state index contributed by atoms with van der Waals surface area (Å²) in [5.74, 6) is -0.308. The minimum atomic E-state index is -0.733. The second-order valence-corrected chi connectivity index (χ2v) is 7.27. The zero-order valence-electron chi connectivity index (χ0n) is 15.6. The topological polar surface area (TPSA) is 61.3 Å². The molecule has 0 radical (unpaired) electrons. The number of benzene rings is 2. The highest BCUT2D eigenvalue weighted by Crippen LogP contribution is 2.24. The number of nitrogens with zero attached hydrogens (tertiary/aromatic N) is 2. The summed E-state index contributed by atoms with van der Waals surface area (Å²) in [6, 6.07) is 13.9. The predicted molar refractivity (Wildman–Crippen MR) is 108 cm³/mol. The van der Waals surface area contributed by atoms with Gasteiger partial charge in [0.2, 0.25) is 0 Å². The molecule has 1 aromatic heterocycles. The van der Waals surface area contributed by atoms with Gasteiger partial charge in [0.15, 0.2) is 0 Å². The van der Waals surface area contributed by atoms with Gasteiger partial charge in [-0.05, 0) is 42.7 Å². The largest absolute Gasteiger partial charge is 0.384 e. The van der Waals surface area contributed by atoms with Crippen molar-refractivity contribution in [2.24, 2.45) is 0 Å². The van der Waals surface area contributed by atoms with Crippen LogP contribution < -0.4 is 5.69 Å². The molecule has 1 unspecified atom stereocenters. The van der Waals surface area contributed by atoms with Crippen LogP contribution in [0.15, 0.2) is 65.5 Å². The summed E-state index contributed by atoms with van der Waals surface area (Å²) in [6.07, 6.45) is 4.78. The number of H-pyrrole nitrogens is 1. The number of para-hydroxylation sites is 2. The number of fused-ring (bicyclic) bond motifs is 1. The van der Waals surface area contributed by atoms with Gasteiger partial charge in [0.05, 0.1) is 17.1 Å². The van der Waals surface area contributed by atoms with E-state index in [2.05, 4.69) is 9.88 Å². The normalized spacial score (nSPS) is 17.5. The van der Waals surface area contributed by atoms with E-state index in [-0.39, 0.29) is 17.5 Å². The monoisotopic (exact) mass is 381 g/mol. The number of aliphatic hydroxyl groups excluding tert-OH is 1. The molecule has 1 fully saturated rings. The van der Waals surface area contributed by atoms with E-state index in [9.17, 15) is 14.3 Å². The van der Waals surface area contributed by atoms with Crippen molar-refractivity contribution >= 4 is 11.0 Å². The number of nitrogens with one attached hydrogen (secondary N) is 1. The van der Waals surface area contributed by atoms with Crippen molar-refractivity contribution in [3.05, 3.63) is 82.5 Å². The number of aromatic nitrogens is 2. The third kappa shape index (κ3) is 3.93. The molecule has 0 spiro atoms. The molecule has 28 heavy (non-hydrogen) atoms. The van der Waals surface area contributed by atoms with Gasteiger partial charge in [-0.1, -0.05) is 36.4 Å². The zero-order chi connectivity index (χ0) is 19.5. The molecule has 2 heterocycles. The lowest BCUT2D eigenvalue weighted by atomic mass is 10.0. The first-order valence-corrected chi connectivity index (χ1v) is 9.63. The molecule has 1 aliphatic rings. The van der Waals surface area contributed by atoms with Crippen molar-refractivity contribution in [1.29, 1.82) is 0 Å². The Morgan fingerprint density at radius 1 is 1.14 bits per heavy atom. The summed E-state index contributed by atoms with van der Waals surface area (Å²) >= 11 is 0. The number of halogens is 1. The van der Waals surface area contributed by atoms with Crippen LogP contribution >= 0.6 is 0 Å². The van der Waals surface area contributed by atoms with Crippen LogP contribution in [-0.2, 0) is 0 Å². The van der Waals surface area contributed by atoms with Crippen LogP contribution in [0.4, 0.5) is 4.39 Å². The molecule has 2 aromatic carbocycles. The summed E-state index contributed by atoms with van der Waals surface area (Å²) < 4.78 is 14.8. The van der Waals surface area contributed by atoms with E-state index in [1.54, 1.807) is 18.2 Å². The molecule has 1 aliphatic heterocycles. The predicted octanol–water partition coefficient (Wildman–Crippen LogP) is 3.40. The summed E-state index contributed by atoms with van der Waals surface area (Å²) in [4.78, 5) is 17.6. The fraction of sp³-hybridized carbons (Fsp3) is 0.318. The van der Waals surface area contributed by atoms with Crippen molar-refractivity contribution in [3.63, 3.8) is 0 Å². The van der Waals surface area contributed by atoms with E-state index < -0.39 is 6.10 Å². The quantitative estimate of drug-likeness (QED) is 0.666. The Balaban J connectivity index is 1.33. The number of aromatic amines is 1. The molecular weight excluding hydrogens is 357 g/mol. The number of imidazole rings is 1. The molecule has 1 saturated heterocycles. The minimum absolute atomic E-state index is 0.0398. The number of likely N-dealkylation sites (tertiary alicyclic amines) is 1. The maximum Gasteiger partial charge on any atom is 0.326 e. The summed E-state index contributed by atoms with van der Waals surface area (Å²) in [5, 5.41) is 10.2. The summed E-state index contributed by atoms with van der Waals surface area (Å²) in [5.41, 5.74) is 2.48. The molecule has 3 aromatic rings. The van der Waals surface area contributed by atoms with Gasteiger partial charge < -0.3 is 10.1 Å². The van der Waals surface area contributed by atoms with Gasteiger partial charge in [-0.25, -0.2) is 9.18 Å². The lowest BCUT2D eigenvalue weighted by Crippen LogP contribution is -2.37. The number of hydrogen-bond donors (Lipinski definition) is 2. The van der Waals surface area contributed by atoms with Crippen LogP contribution in [0.25, 0.3) is 11.0 Å². The Morgan fingerprint density at radius 3 is 2.61 bits per heavy atom. The van der Waals surface area contributed by atoms with E-state index in [1.807, 2.05) is 34.9 Å². The van der Waals surface area contributed by atoms with E-state index >= 15 is 0 Å². The van der Waals surface area contributed by atoms with Gasteiger partial charge in [-0.15, -0.1) is 0 Å². The maximum atomic E-state index is 13.0. The average molecular weight is 381 g/mol. The summed E-state index contributed by atoms with van der Waals surface area (Å²) in [6.45, 7) is 2.54. The highest BCUT2D eigenvalue weighted by atomic mass is 19.1. The lowest BCUT2D eigenvalue weighted by Gasteiger charge is -2.31. The van der Waals surface area contributed by atoms with Gasteiger partial charge in [-0.2, -0.15) is 0 Å². The van der Waals surface area contributed by atoms with Crippen LogP contribution in [0.5, 0.6) is 0 Å². The van der Waals surface area contributed by atoms with Crippen LogP contribution in [0.3, 0.4) is 0 Å². The van der Waals surface area contributed by atoms with Crippen molar-refractivity contribution in [1.82, 2.24) is 14.5 Å². The van der Waals surface area contributed by atoms with E-state index in [0.717, 1.165) is 43.5 Å². The molecule has 6 heteroatoms. The molecule has 2 N–H and O–H groups in total. The smallest absolute Gasteiger partial charge is 0.326 e. The second kappa shape index (κ2) is 8.12. The lowest BCUT2D eigenvalue weighted by molar-refractivity contribution is 0.200. The molecule has 0 saturated carbocycles. The first-order valence-electron chi connectivity index (χ1n) is 9.63. The third-order valence-electron chi connectivity index (χ3n) is 5.44. The SMILES string of the molecule is O=c1[nH]c2ccccc2n1C1CCN(CC=CC(O)c2ccc(F)cc2)CC1. The van der Waals surface area contributed by atoms with E-state index in [4.69, 9.17) is 0 Å². The third-order valence-corrected chi connectivity index (χ3v) is 5.44. The highest BCUT2D eigenvalue weighted by Gasteiger charge is 2.22. The van der Waals surface area contributed by atoms with Crippen LogP contribution in [-0.4, -0.2) is 39.2 Å². The van der Waals surface area contributed by atoms with Gasteiger partial charge in [0.25, 0.3) is 0 Å². The molecule has 4 rings (SSSR count). The van der Waals surface area contributed by atoms with Crippen molar-refractivity contribution < 1.29 is 9.50 Å². The Bertz CT molecular complexity index is 1010. The highest BCUT2D eigenvalue weighted by molar-refractivity contribution is 5.75. The fourth-order valence-electron chi connectivity index (χ4n) is 3.91. The van der Waals surface area contributed by atoms with Crippen LogP contribution in [0, 0.1) is 5.82 Å². The van der Waals surface area contributed by atoms with E-state index in [1.165, 1.54) is 12.1 Å². The number of aliphatic hydroxyl groups is 1. The van der Waals surface area contributed by atoms with Crippen LogP contribution in [0.1, 0.15) is 30.6 Å². The molecule has 146 valence electrons. The number of hydrogen-bond acceptors (Lipinski definition) is 3. The molecule has 0 aliphatic carbocycles. The van der Waals surface area contributed by atoms with E-state index in [0.29, 0.717) is 5.56 Å². The van der Waals surface area contributed by atoms with Crippen molar-refractivity contribution in [2.75, 3.05) is 19.6 Å². The molecule has 0 amide bonds. The first kappa shape index (κ1) is 18.7. The molecule has 5 nitrogen and oxygen atoms in total. The van der Waals surface area contributed by atoms with Gasteiger partial charge in [-0.3, -0.25) is 9.47 Å². The van der Waals surface area contributed by atoms with Crippen molar-refractivity contribution in [3.8, 4) is 0 Å². The standard InChI is InChI=1S/C22H24FN3O2/c23-17-9-7-16(8-10-17)21(27)6-3-13-25-14-11-18(12-15-25)26-20-5-2-1-4-19(20)24-22(26)28/h1-10,18,21,27H,11-15H2,(H,24,28). The molecule has 0 bridgehead atoms. The van der Waals surface area contributed by atoms with Crippen LogP contribution in [0.2, 0.25) is 0 Å². The Hall–Kier alpha value is -2.70. The van der Waals surface area contributed by atoms with Gasteiger partial charge in [0.1, 0.15) is 5.82 Å². The van der Waals surface area contributed by atoms with Crippen molar-refractivity contribution in [2.45, 2.75) is 25.0 Å². The summed E-state index contributed by atoms with van der Waals surface area (Å²) in [7, 11) is 0. The Morgan fingerprint density at radius 2 is 1.86 bits per heavy atom. The number of piperidine rings is 1. The Kier molecular flexibility index (Phi) is 5.41. The minimum Gasteiger partial charge on any atom is -0.384 e. The molecule has 1 atom stereocenters. The second-order valence-electron chi connectivity index (χ2n) is 7.27. The maximum absolute atomic E-state index is 13.0. The van der Waals surface area contributed by atoms with Gasteiger partial charge in [0, 0.05) is 25.7 Å². The fourth-order valence-corrected chi connectivity index (χ4v) is 3.91.